The van der Waals surface area contributed by atoms with Crippen molar-refractivity contribution < 1.29 is 13.6 Å². The maximum Gasteiger partial charge on any atom is 0.211 e. The summed E-state index contributed by atoms with van der Waals surface area (Å²) in [4.78, 5) is 19.2. The number of rotatable bonds is 5. The molecule has 0 atom stereocenters. The summed E-state index contributed by atoms with van der Waals surface area (Å²) in [6, 6.07) is 6.88. The van der Waals surface area contributed by atoms with Gasteiger partial charge >= 0.3 is 0 Å². The number of benzene rings is 1. The normalized spacial score (nSPS) is 11.4. The molecule has 0 radical (unpaired) electrons. The number of ketones is 1. The topological polar surface area (TPSA) is 72.4 Å². The zero-order valence-electron chi connectivity index (χ0n) is 14.5. The summed E-state index contributed by atoms with van der Waals surface area (Å²) >= 11 is 0. The highest BCUT2D eigenvalue weighted by Gasteiger charge is 2.19. The number of hydrogen-bond donors (Lipinski definition) is 1. The average molecular weight is 341 g/mol. The number of carbonyl (C=O) groups is 1. The lowest BCUT2D eigenvalue weighted by atomic mass is 10.1. The fraction of sp³-hybridized carbons (Fsp3) is 0.263. The molecule has 130 valence electrons. The van der Waals surface area contributed by atoms with Crippen LogP contribution in [-0.2, 0) is 6.42 Å². The van der Waals surface area contributed by atoms with Crippen molar-refractivity contribution >= 4 is 22.6 Å². The zero-order valence-corrected chi connectivity index (χ0v) is 14.5. The van der Waals surface area contributed by atoms with Gasteiger partial charge < -0.3 is 15.1 Å². The van der Waals surface area contributed by atoms with Crippen molar-refractivity contribution in [2.75, 3.05) is 26.4 Å². The van der Waals surface area contributed by atoms with Crippen LogP contribution in [0.15, 0.2) is 34.7 Å². The van der Waals surface area contributed by atoms with Gasteiger partial charge in [-0.25, -0.2) is 9.37 Å². The predicted octanol–water partition coefficient (Wildman–Crippen LogP) is 3.19. The highest BCUT2D eigenvalue weighted by molar-refractivity contribution is 6.09. The van der Waals surface area contributed by atoms with E-state index in [9.17, 15) is 9.18 Å². The van der Waals surface area contributed by atoms with Gasteiger partial charge in [0.1, 0.15) is 22.8 Å². The first-order valence-corrected chi connectivity index (χ1v) is 8.00. The number of anilines is 1. The average Bonchev–Trinajstić information content (AvgIpc) is 2.89. The zero-order chi connectivity index (χ0) is 18.1. The second-order valence-electron chi connectivity index (χ2n) is 6.30. The van der Waals surface area contributed by atoms with E-state index in [4.69, 9.17) is 10.2 Å². The quantitative estimate of drug-likeness (QED) is 0.722. The van der Waals surface area contributed by atoms with Crippen molar-refractivity contribution in [3.8, 4) is 0 Å². The Balaban J connectivity index is 2.06. The van der Waals surface area contributed by atoms with Crippen molar-refractivity contribution in [3.63, 3.8) is 0 Å². The molecule has 25 heavy (non-hydrogen) atoms. The number of carbonyl (C=O) groups excluding carboxylic acids is 1. The van der Waals surface area contributed by atoms with Gasteiger partial charge in [-0.1, -0.05) is 0 Å². The van der Waals surface area contributed by atoms with Crippen LogP contribution in [0.5, 0.6) is 0 Å². The van der Waals surface area contributed by atoms with E-state index in [-0.39, 0.29) is 11.5 Å². The van der Waals surface area contributed by atoms with Crippen LogP contribution in [0.4, 0.5) is 10.1 Å². The highest BCUT2D eigenvalue weighted by atomic mass is 19.1. The molecule has 0 bridgehead atoms. The lowest BCUT2D eigenvalue weighted by molar-refractivity contribution is 0.103. The molecule has 0 saturated carbocycles. The first-order chi connectivity index (χ1) is 11.9. The summed E-state index contributed by atoms with van der Waals surface area (Å²) in [5.74, 6) is 0.0596. The molecule has 0 fully saturated rings. The molecule has 0 spiro atoms. The van der Waals surface area contributed by atoms with Gasteiger partial charge in [0.05, 0.1) is 5.69 Å². The lowest BCUT2D eigenvalue weighted by Gasteiger charge is -2.08. The Labute approximate surface area is 145 Å². The van der Waals surface area contributed by atoms with Crippen LogP contribution in [0.1, 0.15) is 27.4 Å². The van der Waals surface area contributed by atoms with Crippen molar-refractivity contribution in [2.45, 2.75) is 13.3 Å². The van der Waals surface area contributed by atoms with Gasteiger partial charge in [-0.05, 0) is 57.8 Å². The van der Waals surface area contributed by atoms with Gasteiger partial charge in [0.25, 0.3) is 0 Å². The summed E-state index contributed by atoms with van der Waals surface area (Å²) in [7, 11) is 3.98. The van der Waals surface area contributed by atoms with E-state index in [0.717, 1.165) is 24.3 Å². The van der Waals surface area contributed by atoms with Crippen molar-refractivity contribution in [2.24, 2.45) is 0 Å². The molecule has 0 aliphatic heterocycles. The molecule has 6 heteroatoms. The van der Waals surface area contributed by atoms with Crippen LogP contribution in [-0.4, -0.2) is 36.3 Å². The van der Waals surface area contributed by atoms with Crippen LogP contribution in [0, 0.1) is 12.7 Å². The monoisotopic (exact) mass is 341 g/mol. The molecule has 2 heterocycles. The van der Waals surface area contributed by atoms with E-state index in [0.29, 0.717) is 22.4 Å². The number of halogens is 1. The molecule has 2 N–H and O–H groups in total. The number of hydrogen-bond acceptors (Lipinski definition) is 5. The number of aromatic nitrogens is 1. The van der Waals surface area contributed by atoms with Crippen LogP contribution in [0.25, 0.3) is 11.1 Å². The number of aryl methyl sites for hydroxylation is 1. The molecule has 0 aliphatic carbocycles. The van der Waals surface area contributed by atoms with Gasteiger partial charge in [0.15, 0.2) is 5.58 Å². The summed E-state index contributed by atoms with van der Waals surface area (Å²) < 4.78 is 18.8. The van der Waals surface area contributed by atoms with Gasteiger partial charge in [0, 0.05) is 17.7 Å². The van der Waals surface area contributed by atoms with Crippen molar-refractivity contribution in [1.29, 1.82) is 0 Å². The van der Waals surface area contributed by atoms with E-state index in [1.165, 1.54) is 30.3 Å². The minimum Gasteiger partial charge on any atom is -0.457 e. The lowest BCUT2D eigenvalue weighted by Crippen LogP contribution is -2.15. The number of fused-ring (bicyclic) bond motifs is 1. The molecule has 2 aromatic heterocycles. The van der Waals surface area contributed by atoms with E-state index < -0.39 is 5.82 Å². The van der Waals surface area contributed by atoms with Gasteiger partial charge in [-0.15, -0.1) is 0 Å². The molecule has 3 aromatic rings. The second kappa shape index (κ2) is 6.64. The number of nitrogens with zero attached hydrogens (tertiary/aromatic N) is 2. The second-order valence-corrected chi connectivity index (χ2v) is 6.30. The molecule has 5 nitrogen and oxygen atoms in total. The fourth-order valence-electron chi connectivity index (χ4n) is 2.74. The number of nitrogens with two attached hydrogens (primary N) is 1. The molecular weight excluding hydrogens is 321 g/mol. The Morgan fingerprint density at radius 1 is 1.28 bits per heavy atom. The number of likely N-dealkylation sites (N-methyl/N-ethyl adjacent to an activating group) is 1. The summed E-state index contributed by atoms with van der Waals surface area (Å²) in [5.41, 5.74) is 9.10. The van der Waals surface area contributed by atoms with Crippen LogP contribution < -0.4 is 5.73 Å². The largest absolute Gasteiger partial charge is 0.457 e. The highest BCUT2D eigenvalue weighted by Crippen LogP contribution is 2.30. The molecule has 3 rings (SSSR count). The van der Waals surface area contributed by atoms with E-state index in [1.807, 2.05) is 21.0 Å². The van der Waals surface area contributed by atoms with E-state index in [2.05, 4.69) is 9.88 Å². The molecule has 0 amide bonds. The fourth-order valence-corrected chi connectivity index (χ4v) is 2.74. The van der Waals surface area contributed by atoms with Crippen LogP contribution >= 0.6 is 0 Å². The smallest absolute Gasteiger partial charge is 0.211 e. The third kappa shape index (κ3) is 3.39. The third-order valence-electron chi connectivity index (χ3n) is 4.12. The van der Waals surface area contributed by atoms with Crippen molar-refractivity contribution in [3.05, 3.63) is 58.7 Å². The molecular formula is C19H20FN3O2. The standard InChI is InChI=1S/C19H20FN3O2/c1-11-14(8-9-23(2)3)17-19(25-11)15(21)10-16(22-17)18(24)12-4-6-13(20)7-5-12/h4-7,10H,8-9H2,1-3H3,(H2,21,22). The molecule has 1 aromatic carbocycles. The van der Waals surface area contributed by atoms with Gasteiger partial charge in [-0.3, -0.25) is 4.79 Å². The Morgan fingerprint density at radius 3 is 2.60 bits per heavy atom. The summed E-state index contributed by atoms with van der Waals surface area (Å²) in [6.45, 7) is 2.70. The molecule has 0 saturated heterocycles. The Bertz CT molecular complexity index is 930. The minimum atomic E-state index is -0.393. The van der Waals surface area contributed by atoms with Crippen LogP contribution in [0.3, 0.4) is 0 Å². The molecule has 0 unspecified atom stereocenters. The van der Waals surface area contributed by atoms with Gasteiger partial charge in [-0.2, -0.15) is 0 Å². The summed E-state index contributed by atoms with van der Waals surface area (Å²) in [5, 5.41) is 0. The number of furan rings is 1. The Hall–Kier alpha value is -2.73. The first kappa shape index (κ1) is 17.1. The third-order valence-corrected chi connectivity index (χ3v) is 4.12. The minimum absolute atomic E-state index is 0.225. The number of pyridine rings is 1. The van der Waals surface area contributed by atoms with E-state index in [1.54, 1.807) is 0 Å². The molecule has 0 aliphatic rings. The SMILES string of the molecule is Cc1oc2c(N)cc(C(=O)c3ccc(F)cc3)nc2c1CCN(C)C. The first-order valence-electron chi connectivity index (χ1n) is 8.00. The van der Waals surface area contributed by atoms with Crippen LogP contribution in [0.2, 0.25) is 0 Å². The Kier molecular flexibility index (Phi) is 4.55. The maximum absolute atomic E-state index is 13.1. The predicted molar refractivity (Wildman–Crippen MR) is 95.2 cm³/mol. The number of nitrogen functional groups attached to an aromatic ring is 1. The Morgan fingerprint density at radius 2 is 1.96 bits per heavy atom. The van der Waals surface area contributed by atoms with Gasteiger partial charge in [0.2, 0.25) is 5.78 Å². The summed E-state index contributed by atoms with van der Waals surface area (Å²) in [6.07, 6.45) is 0.743. The van der Waals surface area contributed by atoms with E-state index >= 15 is 0 Å². The van der Waals surface area contributed by atoms with Crippen molar-refractivity contribution in [1.82, 2.24) is 9.88 Å². The maximum atomic E-state index is 13.1.